The van der Waals surface area contributed by atoms with E-state index in [9.17, 15) is 13.6 Å². The first-order valence-electron chi connectivity index (χ1n) is 7.43. The maximum Gasteiger partial charge on any atom is 0.270 e. The van der Waals surface area contributed by atoms with Crippen LogP contribution in [-0.2, 0) is 0 Å². The number of aromatic nitrogens is 2. The first-order valence-corrected chi connectivity index (χ1v) is 7.43. The fraction of sp³-hybridized carbons (Fsp3) is 0.312. The van der Waals surface area contributed by atoms with Gasteiger partial charge in [-0.05, 0) is 39.2 Å². The van der Waals surface area contributed by atoms with E-state index in [0.717, 1.165) is 31.4 Å². The fourth-order valence-corrected chi connectivity index (χ4v) is 1.98. The van der Waals surface area contributed by atoms with Gasteiger partial charge < -0.3 is 15.5 Å². The zero-order chi connectivity index (χ0) is 17.5. The molecule has 1 heterocycles. The quantitative estimate of drug-likeness (QED) is 0.759. The number of nitrogens with one attached hydrogen (secondary N) is 2. The minimum Gasteiger partial charge on any atom is -0.351 e. The van der Waals surface area contributed by atoms with Gasteiger partial charge in [-0.1, -0.05) is 6.07 Å². The zero-order valence-electron chi connectivity index (χ0n) is 13.5. The van der Waals surface area contributed by atoms with Crippen LogP contribution in [0, 0.1) is 11.6 Å². The topological polar surface area (TPSA) is 70.2 Å². The monoisotopic (exact) mass is 335 g/mol. The molecule has 2 rings (SSSR count). The average Bonchev–Trinajstić information content (AvgIpc) is 2.55. The van der Waals surface area contributed by atoms with Crippen LogP contribution in [0.3, 0.4) is 0 Å². The molecule has 0 aliphatic carbocycles. The molecule has 0 unspecified atom stereocenters. The lowest BCUT2D eigenvalue weighted by Crippen LogP contribution is -2.27. The molecule has 0 aliphatic rings. The van der Waals surface area contributed by atoms with E-state index in [-0.39, 0.29) is 23.1 Å². The fourth-order valence-electron chi connectivity index (χ4n) is 1.98. The predicted molar refractivity (Wildman–Crippen MR) is 87.2 cm³/mol. The van der Waals surface area contributed by atoms with Crippen molar-refractivity contribution < 1.29 is 13.6 Å². The lowest BCUT2D eigenvalue weighted by Gasteiger charge is -2.10. The highest BCUT2D eigenvalue weighted by Crippen LogP contribution is 2.21. The summed E-state index contributed by atoms with van der Waals surface area (Å²) in [5, 5.41) is 5.27. The third-order valence-corrected chi connectivity index (χ3v) is 3.18. The van der Waals surface area contributed by atoms with Crippen LogP contribution in [-0.4, -0.2) is 48.0 Å². The Morgan fingerprint density at radius 2 is 1.92 bits per heavy atom. The Hall–Kier alpha value is -2.61. The van der Waals surface area contributed by atoms with Gasteiger partial charge in [0.25, 0.3) is 5.91 Å². The number of anilines is 2. The van der Waals surface area contributed by atoms with Crippen LogP contribution in [0.5, 0.6) is 0 Å². The summed E-state index contributed by atoms with van der Waals surface area (Å²) in [6, 6.07) is 4.87. The maximum atomic E-state index is 13.6. The van der Waals surface area contributed by atoms with Crippen molar-refractivity contribution in [3.8, 4) is 0 Å². The largest absolute Gasteiger partial charge is 0.351 e. The number of hydrogen-bond acceptors (Lipinski definition) is 5. The van der Waals surface area contributed by atoms with Crippen LogP contribution in [0.1, 0.15) is 16.9 Å². The third kappa shape index (κ3) is 4.95. The average molecular weight is 335 g/mol. The molecule has 0 saturated carbocycles. The highest BCUT2D eigenvalue weighted by atomic mass is 19.1. The van der Waals surface area contributed by atoms with E-state index in [1.807, 2.05) is 19.0 Å². The number of nitrogens with zero attached hydrogens (tertiary/aromatic N) is 3. The molecule has 0 atom stereocenters. The van der Waals surface area contributed by atoms with Crippen LogP contribution >= 0.6 is 0 Å². The normalized spacial score (nSPS) is 10.7. The lowest BCUT2D eigenvalue weighted by molar-refractivity contribution is 0.0947. The predicted octanol–water partition coefficient (Wildman–Crippen LogP) is 2.18. The Bertz CT molecular complexity index is 688. The molecule has 0 saturated heterocycles. The van der Waals surface area contributed by atoms with Crippen molar-refractivity contribution in [1.82, 2.24) is 20.2 Å². The lowest BCUT2D eigenvalue weighted by atomic mass is 10.3. The highest BCUT2D eigenvalue weighted by Gasteiger charge is 2.12. The van der Waals surface area contributed by atoms with Gasteiger partial charge in [-0.3, -0.25) is 4.79 Å². The molecule has 1 aromatic heterocycles. The molecular formula is C16H19F2N5O. The Kier molecular flexibility index (Phi) is 6.14. The van der Waals surface area contributed by atoms with Gasteiger partial charge in [-0.25, -0.2) is 18.7 Å². The minimum atomic E-state index is -0.747. The van der Waals surface area contributed by atoms with E-state index in [1.54, 1.807) is 0 Å². The van der Waals surface area contributed by atoms with Crippen molar-refractivity contribution in [2.75, 3.05) is 32.5 Å². The summed E-state index contributed by atoms with van der Waals surface area (Å²) in [6.07, 6.45) is 1.96. The van der Waals surface area contributed by atoms with Crippen molar-refractivity contribution in [2.24, 2.45) is 0 Å². The first-order chi connectivity index (χ1) is 11.5. The number of carbonyl (C=O) groups excluding carboxylic acids is 1. The second kappa shape index (κ2) is 8.30. The molecule has 1 amide bonds. The first kappa shape index (κ1) is 17.7. The van der Waals surface area contributed by atoms with Gasteiger partial charge in [0.2, 0.25) is 0 Å². The molecule has 24 heavy (non-hydrogen) atoms. The molecular weight excluding hydrogens is 316 g/mol. The van der Waals surface area contributed by atoms with Crippen LogP contribution in [0.2, 0.25) is 0 Å². The molecule has 2 aromatic rings. The van der Waals surface area contributed by atoms with E-state index >= 15 is 0 Å². The Morgan fingerprint density at radius 3 is 2.58 bits per heavy atom. The number of para-hydroxylation sites is 1. The smallest absolute Gasteiger partial charge is 0.270 e. The molecule has 128 valence electrons. The maximum absolute atomic E-state index is 13.6. The molecule has 0 spiro atoms. The van der Waals surface area contributed by atoms with Crippen molar-refractivity contribution in [3.05, 3.63) is 47.9 Å². The Morgan fingerprint density at radius 1 is 1.21 bits per heavy atom. The van der Waals surface area contributed by atoms with E-state index in [2.05, 4.69) is 20.6 Å². The number of carbonyl (C=O) groups is 1. The summed E-state index contributed by atoms with van der Waals surface area (Å²) in [5.74, 6) is -1.73. The summed E-state index contributed by atoms with van der Waals surface area (Å²) < 4.78 is 27.3. The standard InChI is InChI=1S/C16H19F2N5O/c1-23(2)8-4-7-19-16(24)13-9-14(21-10-20-13)22-15-11(17)5-3-6-12(15)18/h3,5-6,9-10H,4,7-8H2,1-2H3,(H,19,24)(H,20,21,22). The summed E-state index contributed by atoms with van der Waals surface area (Å²) >= 11 is 0. The van der Waals surface area contributed by atoms with Crippen LogP contribution in [0.25, 0.3) is 0 Å². The minimum absolute atomic E-state index is 0.120. The molecule has 1 aromatic carbocycles. The SMILES string of the molecule is CN(C)CCCNC(=O)c1cc(Nc2c(F)cccc2F)ncn1. The van der Waals surface area contributed by atoms with Gasteiger partial charge in [0.05, 0.1) is 0 Å². The molecule has 6 nitrogen and oxygen atoms in total. The van der Waals surface area contributed by atoms with E-state index < -0.39 is 11.6 Å². The van der Waals surface area contributed by atoms with Gasteiger partial charge in [-0.15, -0.1) is 0 Å². The molecule has 0 fully saturated rings. The van der Waals surface area contributed by atoms with Gasteiger partial charge in [0.15, 0.2) is 0 Å². The Balaban J connectivity index is 2.02. The third-order valence-electron chi connectivity index (χ3n) is 3.18. The van der Waals surface area contributed by atoms with Crippen LogP contribution in [0.15, 0.2) is 30.6 Å². The summed E-state index contributed by atoms with van der Waals surface area (Å²) in [6.45, 7) is 1.36. The molecule has 0 radical (unpaired) electrons. The molecule has 2 N–H and O–H groups in total. The second-order valence-electron chi connectivity index (χ2n) is 5.42. The van der Waals surface area contributed by atoms with E-state index in [4.69, 9.17) is 0 Å². The van der Waals surface area contributed by atoms with Crippen molar-refractivity contribution >= 4 is 17.4 Å². The van der Waals surface area contributed by atoms with Gasteiger partial charge >= 0.3 is 0 Å². The van der Waals surface area contributed by atoms with Gasteiger partial charge in [0.1, 0.15) is 35.2 Å². The number of rotatable bonds is 7. The van der Waals surface area contributed by atoms with E-state index in [0.29, 0.717) is 6.54 Å². The van der Waals surface area contributed by atoms with Crippen molar-refractivity contribution in [3.63, 3.8) is 0 Å². The highest BCUT2D eigenvalue weighted by molar-refractivity contribution is 5.92. The van der Waals surface area contributed by atoms with Crippen molar-refractivity contribution in [1.29, 1.82) is 0 Å². The number of benzene rings is 1. The summed E-state index contributed by atoms with van der Waals surface area (Å²) in [4.78, 5) is 21.8. The second-order valence-corrected chi connectivity index (χ2v) is 5.42. The zero-order valence-corrected chi connectivity index (χ0v) is 13.5. The van der Waals surface area contributed by atoms with Crippen LogP contribution in [0.4, 0.5) is 20.3 Å². The van der Waals surface area contributed by atoms with Crippen LogP contribution < -0.4 is 10.6 Å². The number of amides is 1. The van der Waals surface area contributed by atoms with E-state index in [1.165, 1.54) is 12.1 Å². The summed E-state index contributed by atoms with van der Waals surface area (Å²) in [5.41, 5.74) is -0.206. The van der Waals surface area contributed by atoms with Crippen molar-refractivity contribution in [2.45, 2.75) is 6.42 Å². The van der Waals surface area contributed by atoms with Gasteiger partial charge in [0, 0.05) is 12.6 Å². The summed E-state index contributed by atoms with van der Waals surface area (Å²) in [7, 11) is 3.90. The molecule has 8 heteroatoms. The molecule has 0 aliphatic heterocycles. The number of hydrogen-bond donors (Lipinski definition) is 2. The number of halogens is 2. The molecule has 0 bridgehead atoms. The Labute approximate surface area is 138 Å². The van der Waals surface area contributed by atoms with Gasteiger partial charge in [-0.2, -0.15) is 0 Å².